The number of pyridine rings is 1. The van der Waals surface area contributed by atoms with Gasteiger partial charge < -0.3 is 8.98 Å². The Hall–Kier alpha value is -1.74. The molecule has 0 aliphatic rings. The summed E-state index contributed by atoms with van der Waals surface area (Å²) in [5.74, 6) is 0. The van der Waals surface area contributed by atoms with Crippen LogP contribution in [0.4, 0.5) is 0 Å². The minimum absolute atomic E-state index is 0.523. The molecule has 3 aromatic rings. The molecule has 0 saturated carbocycles. The van der Waals surface area contributed by atoms with Crippen LogP contribution in [0, 0.1) is 0 Å². The molecule has 3 nitrogen and oxygen atoms in total. The second kappa shape index (κ2) is 3.14. The van der Waals surface area contributed by atoms with Crippen LogP contribution in [0.2, 0.25) is 5.15 Å². The Morgan fingerprint density at radius 3 is 3.00 bits per heavy atom. The quantitative estimate of drug-likeness (QED) is 0.587. The van der Waals surface area contributed by atoms with Crippen molar-refractivity contribution in [2.45, 2.75) is 0 Å². The predicted octanol–water partition coefficient (Wildman–Crippen LogP) is 3.27. The molecule has 0 atom stereocenters. The summed E-state index contributed by atoms with van der Waals surface area (Å²) < 4.78 is 7.05. The van der Waals surface area contributed by atoms with Crippen molar-refractivity contribution in [1.82, 2.24) is 9.55 Å². The van der Waals surface area contributed by atoms with Crippen LogP contribution in [0.15, 0.2) is 47.5 Å². The molecule has 0 radical (unpaired) electrons. The molecule has 0 saturated heterocycles. The van der Waals surface area contributed by atoms with Crippen LogP contribution in [0.1, 0.15) is 0 Å². The molecule has 0 unspecified atom stereocenters. The van der Waals surface area contributed by atoms with Crippen molar-refractivity contribution in [3.8, 4) is 5.69 Å². The van der Waals surface area contributed by atoms with Gasteiger partial charge in [-0.15, -0.1) is 0 Å². The van der Waals surface area contributed by atoms with E-state index in [1.807, 2.05) is 29.0 Å². The lowest BCUT2D eigenvalue weighted by atomic mass is 10.3. The molecule has 0 aliphatic carbocycles. The molecule has 74 valence electrons. The largest absolute Gasteiger partial charge is 0.470 e. The summed E-state index contributed by atoms with van der Waals surface area (Å²) in [5, 5.41) is 1.47. The van der Waals surface area contributed by atoms with Crippen LogP contribution in [-0.2, 0) is 0 Å². The fraction of sp³-hybridized carbons (Fsp3) is 0. The van der Waals surface area contributed by atoms with E-state index in [1.165, 1.54) is 0 Å². The number of hydrogen-bond acceptors (Lipinski definition) is 2. The summed E-state index contributed by atoms with van der Waals surface area (Å²) in [7, 11) is 0. The molecule has 3 rings (SSSR count). The van der Waals surface area contributed by atoms with Crippen molar-refractivity contribution in [3.05, 3.63) is 48.3 Å². The Bertz CT molecular complexity index is 598. The van der Waals surface area contributed by atoms with E-state index in [4.69, 9.17) is 16.0 Å². The molecule has 0 aliphatic heterocycles. The van der Waals surface area contributed by atoms with Gasteiger partial charge in [-0.2, -0.15) is 0 Å². The minimum atomic E-state index is 0.523. The Morgan fingerprint density at radius 2 is 2.20 bits per heavy atom. The monoisotopic (exact) mass is 218 g/mol. The summed E-state index contributed by atoms with van der Waals surface area (Å²) in [6.45, 7) is 0. The van der Waals surface area contributed by atoms with Crippen molar-refractivity contribution in [2.75, 3.05) is 0 Å². The van der Waals surface area contributed by atoms with Crippen LogP contribution in [0.3, 0.4) is 0 Å². The van der Waals surface area contributed by atoms with E-state index in [0.717, 1.165) is 16.6 Å². The van der Waals surface area contributed by atoms with Gasteiger partial charge in [-0.1, -0.05) is 11.6 Å². The number of hydrogen-bond donors (Lipinski definition) is 0. The molecule has 0 fully saturated rings. The minimum Gasteiger partial charge on any atom is -0.470 e. The maximum absolute atomic E-state index is 5.98. The Morgan fingerprint density at radius 1 is 1.27 bits per heavy atom. The summed E-state index contributed by atoms with van der Waals surface area (Å²) in [6, 6.07) is 5.76. The van der Waals surface area contributed by atoms with Gasteiger partial charge >= 0.3 is 0 Å². The molecule has 0 amide bonds. The first kappa shape index (κ1) is 8.56. The van der Waals surface area contributed by atoms with Gasteiger partial charge in [0.15, 0.2) is 0 Å². The fourth-order valence-corrected chi connectivity index (χ4v) is 1.87. The Balaban J connectivity index is 2.34. The van der Waals surface area contributed by atoms with Gasteiger partial charge in [-0.25, -0.2) is 4.98 Å². The highest BCUT2D eigenvalue weighted by atomic mass is 35.5. The maximum Gasteiger partial charge on any atom is 0.138 e. The third-order valence-corrected chi connectivity index (χ3v) is 2.65. The lowest BCUT2D eigenvalue weighted by Gasteiger charge is -2.00. The first-order valence-electron chi connectivity index (χ1n) is 4.50. The highest BCUT2D eigenvalue weighted by Crippen LogP contribution is 2.24. The van der Waals surface area contributed by atoms with Crippen molar-refractivity contribution in [2.24, 2.45) is 0 Å². The van der Waals surface area contributed by atoms with Crippen LogP contribution >= 0.6 is 11.6 Å². The third-order valence-electron chi connectivity index (χ3n) is 2.35. The first-order valence-corrected chi connectivity index (χ1v) is 4.88. The smallest absolute Gasteiger partial charge is 0.138 e. The molecule has 0 aromatic carbocycles. The van der Waals surface area contributed by atoms with Gasteiger partial charge in [-0.3, -0.25) is 0 Å². The number of aromatic nitrogens is 2. The Kier molecular flexibility index (Phi) is 1.79. The highest BCUT2D eigenvalue weighted by Gasteiger charge is 2.06. The van der Waals surface area contributed by atoms with Crippen molar-refractivity contribution >= 4 is 22.5 Å². The summed E-state index contributed by atoms with van der Waals surface area (Å²) >= 11 is 5.98. The SMILES string of the molecule is Clc1nccc2c1ccn2-c1ccoc1. The lowest BCUT2D eigenvalue weighted by Crippen LogP contribution is -1.88. The van der Waals surface area contributed by atoms with Crippen LogP contribution < -0.4 is 0 Å². The molecule has 0 N–H and O–H groups in total. The van der Waals surface area contributed by atoms with Gasteiger partial charge in [0, 0.05) is 23.8 Å². The molecular formula is C11H7ClN2O. The van der Waals surface area contributed by atoms with Crippen LogP contribution in [0.25, 0.3) is 16.6 Å². The van der Waals surface area contributed by atoms with Crippen LogP contribution in [-0.4, -0.2) is 9.55 Å². The van der Waals surface area contributed by atoms with E-state index in [1.54, 1.807) is 18.7 Å². The lowest BCUT2D eigenvalue weighted by molar-refractivity contribution is 0.566. The van der Waals surface area contributed by atoms with Crippen molar-refractivity contribution < 1.29 is 4.42 Å². The first-order chi connectivity index (χ1) is 7.36. The number of rotatable bonds is 1. The topological polar surface area (TPSA) is 31.0 Å². The van der Waals surface area contributed by atoms with Gasteiger partial charge in [0.2, 0.25) is 0 Å². The molecule has 4 heteroatoms. The van der Waals surface area contributed by atoms with E-state index >= 15 is 0 Å². The molecule has 15 heavy (non-hydrogen) atoms. The van der Waals surface area contributed by atoms with Crippen molar-refractivity contribution in [1.29, 1.82) is 0 Å². The van der Waals surface area contributed by atoms with Gasteiger partial charge in [0.05, 0.1) is 17.5 Å². The van der Waals surface area contributed by atoms with E-state index in [-0.39, 0.29) is 0 Å². The summed E-state index contributed by atoms with van der Waals surface area (Å²) in [5.41, 5.74) is 2.00. The predicted molar refractivity (Wildman–Crippen MR) is 58.3 cm³/mol. The average molecular weight is 219 g/mol. The zero-order valence-corrected chi connectivity index (χ0v) is 8.48. The van der Waals surface area contributed by atoms with Gasteiger partial charge in [-0.05, 0) is 12.1 Å². The standard InChI is InChI=1S/C11H7ClN2O/c12-11-9-2-5-14(8-3-6-15-7-8)10(9)1-4-13-11/h1-7H. The Labute approximate surface area is 90.9 Å². The molecule has 3 heterocycles. The van der Waals surface area contributed by atoms with E-state index in [2.05, 4.69) is 4.98 Å². The van der Waals surface area contributed by atoms with E-state index in [0.29, 0.717) is 5.15 Å². The summed E-state index contributed by atoms with van der Waals surface area (Å²) in [6.07, 6.45) is 6.97. The molecule has 0 spiro atoms. The van der Waals surface area contributed by atoms with Gasteiger partial charge in [0.1, 0.15) is 11.4 Å². The maximum atomic E-state index is 5.98. The zero-order chi connectivity index (χ0) is 10.3. The number of fused-ring (bicyclic) bond motifs is 1. The third kappa shape index (κ3) is 1.24. The second-order valence-corrected chi connectivity index (χ2v) is 3.56. The van der Waals surface area contributed by atoms with Crippen molar-refractivity contribution in [3.63, 3.8) is 0 Å². The molecule has 0 bridgehead atoms. The average Bonchev–Trinajstić information content (AvgIpc) is 2.85. The van der Waals surface area contributed by atoms with Gasteiger partial charge in [0.25, 0.3) is 0 Å². The number of furan rings is 1. The fourth-order valence-electron chi connectivity index (χ4n) is 1.65. The molecule has 3 aromatic heterocycles. The van der Waals surface area contributed by atoms with Crippen LogP contribution in [0.5, 0.6) is 0 Å². The normalized spacial score (nSPS) is 11.0. The molecular weight excluding hydrogens is 212 g/mol. The second-order valence-electron chi connectivity index (χ2n) is 3.20. The van der Waals surface area contributed by atoms with E-state index in [9.17, 15) is 0 Å². The highest BCUT2D eigenvalue weighted by molar-refractivity contribution is 6.34. The number of nitrogens with zero attached hydrogens (tertiary/aromatic N) is 2. The van der Waals surface area contributed by atoms with E-state index < -0.39 is 0 Å². The summed E-state index contributed by atoms with van der Waals surface area (Å²) in [4.78, 5) is 4.03. The number of halogens is 1. The zero-order valence-electron chi connectivity index (χ0n) is 7.72.